The lowest BCUT2D eigenvalue weighted by Crippen LogP contribution is -2.21. The highest BCUT2D eigenvalue weighted by Crippen LogP contribution is 2.29. The minimum Gasteiger partial charge on any atom is -0.459 e. The van der Waals surface area contributed by atoms with E-state index in [1.807, 2.05) is 36.4 Å². The summed E-state index contributed by atoms with van der Waals surface area (Å²) in [4.78, 5) is 12.4. The summed E-state index contributed by atoms with van der Waals surface area (Å²) in [6, 6.07) is 20.0. The fourth-order valence-electron chi connectivity index (χ4n) is 2.76. The van der Waals surface area contributed by atoms with Crippen molar-refractivity contribution in [1.29, 1.82) is 0 Å². The van der Waals surface area contributed by atoms with Gasteiger partial charge in [0.25, 0.3) is 5.91 Å². The van der Waals surface area contributed by atoms with Crippen molar-refractivity contribution in [2.45, 2.75) is 6.54 Å². The van der Waals surface area contributed by atoms with Crippen molar-refractivity contribution < 1.29 is 13.6 Å². The molecule has 0 aliphatic rings. The zero-order chi connectivity index (χ0) is 20.4. The summed E-state index contributed by atoms with van der Waals surface area (Å²) in [6.07, 6.45) is 0. The first-order valence-electron chi connectivity index (χ1n) is 8.68. The van der Waals surface area contributed by atoms with Crippen LogP contribution in [0.5, 0.6) is 0 Å². The zero-order valence-electron chi connectivity index (χ0n) is 14.9. The molecule has 0 saturated heterocycles. The fraction of sp³-hybridized carbons (Fsp3) is 0.0455. The largest absolute Gasteiger partial charge is 0.459 e. The van der Waals surface area contributed by atoms with Crippen LogP contribution in [0.1, 0.15) is 16.3 Å². The van der Waals surface area contributed by atoms with E-state index in [-0.39, 0.29) is 18.2 Å². The van der Waals surface area contributed by atoms with Crippen LogP contribution in [0, 0.1) is 0 Å². The summed E-state index contributed by atoms with van der Waals surface area (Å²) >= 11 is 15.4. The number of furan rings is 2. The smallest absolute Gasteiger partial charge is 0.287 e. The van der Waals surface area contributed by atoms with E-state index >= 15 is 0 Å². The van der Waals surface area contributed by atoms with Crippen LogP contribution in [0.25, 0.3) is 22.6 Å². The molecule has 1 amide bonds. The fourth-order valence-corrected chi connectivity index (χ4v) is 3.32. The van der Waals surface area contributed by atoms with E-state index in [1.54, 1.807) is 30.3 Å². The van der Waals surface area contributed by atoms with Crippen molar-refractivity contribution in [3.63, 3.8) is 0 Å². The first-order valence-corrected chi connectivity index (χ1v) is 10.2. The third kappa shape index (κ3) is 4.58. The van der Waals surface area contributed by atoms with Gasteiger partial charge in [-0.15, -0.1) is 0 Å². The normalized spacial score (nSPS) is 10.9. The predicted octanol–water partition coefficient (Wildman–Crippen LogP) is 7.21. The lowest BCUT2D eigenvalue weighted by molar-refractivity contribution is 0.0921. The van der Waals surface area contributed by atoms with E-state index in [1.165, 1.54) is 0 Å². The van der Waals surface area contributed by atoms with Crippen LogP contribution in [-0.4, -0.2) is 5.91 Å². The molecule has 0 spiro atoms. The van der Waals surface area contributed by atoms with Gasteiger partial charge in [-0.3, -0.25) is 4.79 Å². The maximum absolute atomic E-state index is 12.4. The van der Waals surface area contributed by atoms with E-state index in [4.69, 9.17) is 32.0 Å². The molecule has 4 nitrogen and oxygen atoms in total. The molecule has 0 radical (unpaired) electrons. The van der Waals surface area contributed by atoms with Crippen molar-refractivity contribution in [3.05, 3.63) is 92.8 Å². The Labute approximate surface area is 185 Å². The van der Waals surface area contributed by atoms with Crippen molar-refractivity contribution in [2.75, 3.05) is 0 Å². The Balaban J connectivity index is 1.41. The molecular formula is C22H14BrCl2NO3. The zero-order valence-corrected chi connectivity index (χ0v) is 18.0. The number of hydrogen-bond acceptors (Lipinski definition) is 3. The van der Waals surface area contributed by atoms with Gasteiger partial charge in [-0.1, -0.05) is 51.3 Å². The Morgan fingerprint density at radius 3 is 2.28 bits per heavy atom. The second-order valence-electron chi connectivity index (χ2n) is 6.25. The molecule has 0 aliphatic heterocycles. The average molecular weight is 491 g/mol. The van der Waals surface area contributed by atoms with Gasteiger partial charge in [0.1, 0.15) is 17.3 Å². The molecule has 2 aromatic heterocycles. The van der Waals surface area contributed by atoms with Crippen molar-refractivity contribution in [2.24, 2.45) is 0 Å². The number of carbonyl (C=O) groups is 1. The Kier molecular flexibility index (Phi) is 5.81. The molecule has 4 aromatic rings. The van der Waals surface area contributed by atoms with Crippen LogP contribution in [0.3, 0.4) is 0 Å². The number of carbonyl (C=O) groups excluding carboxylic acids is 1. The lowest BCUT2D eigenvalue weighted by atomic mass is 10.2. The predicted molar refractivity (Wildman–Crippen MR) is 117 cm³/mol. The van der Waals surface area contributed by atoms with Gasteiger partial charge in [-0.2, -0.15) is 0 Å². The molecular weight excluding hydrogens is 477 g/mol. The van der Waals surface area contributed by atoms with Gasteiger partial charge < -0.3 is 14.2 Å². The van der Waals surface area contributed by atoms with Crippen LogP contribution >= 0.6 is 39.1 Å². The first kappa shape index (κ1) is 19.8. The highest BCUT2D eigenvalue weighted by molar-refractivity contribution is 9.10. The molecule has 29 heavy (non-hydrogen) atoms. The number of hydrogen-bond donors (Lipinski definition) is 1. The number of amides is 1. The molecule has 0 bridgehead atoms. The SMILES string of the molecule is O=C(NCc1ccc(-c2ccc(Br)cc2)o1)c1ccc(-c2ccc(Cl)c(Cl)c2)o1. The number of benzene rings is 2. The van der Waals surface area contributed by atoms with Crippen LogP contribution in [-0.2, 0) is 6.54 Å². The van der Waals surface area contributed by atoms with Gasteiger partial charge in [-0.25, -0.2) is 0 Å². The maximum atomic E-state index is 12.4. The number of rotatable bonds is 5. The van der Waals surface area contributed by atoms with E-state index < -0.39 is 0 Å². The van der Waals surface area contributed by atoms with Crippen LogP contribution < -0.4 is 5.32 Å². The molecule has 0 aliphatic carbocycles. The molecule has 0 fully saturated rings. The Morgan fingerprint density at radius 1 is 0.828 bits per heavy atom. The summed E-state index contributed by atoms with van der Waals surface area (Å²) in [5.41, 5.74) is 1.70. The van der Waals surface area contributed by atoms with Crippen LogP contribution in [0.2, 0.25) is 10.0 Å². The number of nitrogens with one attached hydrogen (secondary N) is 1. The van der Waals surface area contributed by atoms with Gasteiger partial charge in [-0.05, 0) is 54.6 Å². The monoisotopic (exact) mass is 489 g/mol. The summed E-state index contributed by atoms with van der Waals surface area (Å²) in [5, 5.41) is 3.67. The standard InChI is InChI=1S/C22H14BrCl2NO3/c23-15-4-1-13(2-5-15)19-8-6-16(28-19)12-26-22(27)21-10-9-20(29-21)14-3-7-17(24)18(25)11-14/h1-11H,12H2,(H,26,27). The highest BCUT2D eigenvalue weighted by Gasteiger charge is 2.14. The van der Waals surface area contributed by atoms with Crippen LogP contribution in [0.15, 0.2) is 80.0 Å². The average Bonchev–Trinajstić information content (AvgIpc) is 3.39. The quantitative estimate of drug-likeness (QED) is 0.321. The van der Waals surface area contributed by atoms with Crippen molar-refractivity contribution in [3.8, 4) is 22.6 Å². The molecule has 7 heteroatoms. The van der Waals surface area contributed by atoms with Crippen molar-refractivity contribution in [1.82, 2.24) is 5.32 Å². The van der Waals surface area contributed by atoms with Gasteiger partial charge in [0, 0.05) is 15.6 Å². The summed E-state index contributed by atoms with van der Waals surface area (Å²) in [5.74, 6) is 1.78. The summed E-state index contributed by atoms with van der Waals surface area (Å²) in [7, 11) is 0. The summed E-state index contributed by atoms with van der Waals surface area (Å²) in [6.45, 7) is 0.248. The Bertz CT molecular complexity index is 1170. The third-order valence-corrected chi connectivity index (χ3v) is 5.52. The van der Waals surface area contributed by atoms with E-state index in [0.717, 1.165) is 21.4 Å². The molecule has 2 aromatic carbocycles. The maximum Gasteiger partial charge on any atom is 0.287 e. The molecule has 2 heterocycles. The highest BCUT2D eigenvalue weighted by atomic mass is 79.9. The minimum absolute atomic E-state index is 0.200. The molecule has 1 N–H and O–H groups in total. The molecule has 0 saturated carbocycles. The Hall–Kier alpha value is -2.47. The third-order valence-electron chi connectivity index (χ3n) is 4.25. The summed E-state index contributed by atoms with van der Waals surface area (Å²) < 4.78 is 12.5. The van der Waals surface area contributed by atoms with Gasteiger partial charge >= 0.3 is 0 Å². The number of halogens is 3. The minimum atomic E-state index is -0.335. The van der Waals surface area contributed by atoms with Gasteiger partial charge in [0.2, 0.25) is 0 Å². The first-order chi connectivity index (χ1) is 14.0. The lowest BCUT2D eigenvalue weighted by Gasteiger charge is -2.02. The Morgan fingerprint density at radius 2 is 1.52 bits per heavy atom. The van der Waals surface area contributed by atoms with Crippen molar-refractivity contribution >= 4 is 45.0 Å². The topological polar surface area (TPSA) is 55.4 Å². The molecule has 0 unspecified atom stereocenters. The molecule has 4 rings (SSSR count). The second-order valence-corrected chi connectivity index (χ2v) is 7.98. The van der Waals surface area contributed by atoms with E-state index in [2.05, 4.69) is 21.2 Å². The molecule has 0 atom stereocenters. The van der Waals surface area contributed by atoms with Gasteiger partial charge in [0.05, 0.1) is 16.6 Å². The van der Waals surface area contributed by atoms with Crippen LogP contribution in [0.4, 0.5) is 0 Å². The van der Waals surface area contributed by atoms with Gasteiger partial charge in [0.15, 0.2) is 5.76 Å². The second kappa shape index (κ2) is 8.49. The van der Waals surface area contributed by atoms with E-state index in [0.29, 0.717) is 21.6 Å². The molecule has 146 valence electrons. The van der Waals surface area contributed by atoms with E-state index in [9.17, 15) is 4.79 Å².